The SMILES string of the molecule is CCC(C#N)(CC)C(=O)NCCC1CCN(C)CC1. The average Bonchev–Trinajstić information content (AvgIpc) is 2.44. The van der Waals surface area contributed by atoms with Gasteiger partial charge in [-0.05, 0) is 58.2 Å². The third kappa shape index (κ3) is 4.21. The lowest BCUT2D eigenvalue weighted by Gasteiger charge is -2.29. The smallest absolute Gasteiger partial charge is 0.240 e. The molecule has 4 nitrogen and oxygen atoms in total. The highest BCUT2D eigenvalue weighted by molar-refractivity contribution is 5.85. The minimum absolute atomic E-state index is 0.0899. The van der Waals surface area contributed by atoms with Crippen molar-refractivity contribution in [3.05, 3.63) is 0 Å². The molecule has 0 aromatic heterocycles. The summed E-state index contributed by atoms with van der Waals surface area (Å²) in [4.78, 5) is 14.5. The summed E-state index contributed by atoms with van der Waals surface area (Å²) in [7, 11) is 2.15. The van der Waals surface area contributed by atoms with Gasteiger partial charge < -0.3 is 10.2 Å². The second-order valence-electron chi connectivity index (χ2n) is 5.69. The number of nitrogens with zero attached hydrogens (tertiary/aromatic N) is 2. The van der Waals surface area contributed by atoms with E-state index in [2.05, 4.69) is 23.3 Å². The van der Waals surface area contributed by atoms with E-state index in [-0.39, 0.29) is 5.91 Å². The van der Waals surface area contributed by atoms with Gasteiger partial charge in [-0.2, -0.15) is 5.26 Å². The summed E-state index contributed by atoms with van der Waals surface area (Å²) in [5.41, 5.74) is -0.827. The van der Waals surface area contributed by atoms with Crippen LogP contribution >= 0.6 is 0 Å². The maximum atomic E-state index is 12.1. The molecule has 1 rings (SSSR count). The lowest BCUT2D eigenvalue weighted by Crippen LogP contribution is -2.40. The lowest BCUT2D eigenvalue weighted by atomic mass is 9.83. The topological polar surface area (TPSA) is 56.1 Å². The first-order valence-corrected chi connectivity index (χ1v) is 7.46. The second kappa shape index (κ2) is 7.49. The molecule has 1 aliphatic heterocycles. The van der Waals surface area contributed by atoms with Crippen LogP contribution in [0.15, 0.2) is 0 Å². The number of likely N-dealkylation sites (tertiary alicyclic amines) is 1. The summed E-state index contributed by atoms with van der Waals surface area (Å²) in [6, 6.07) is 2.19. The van der Waals surface area contributed by atoms with Crippen LogP contribution in [0.2, 0.25) is 0 Å². The van der Waals surface area contributed by atoms with Crippen LogP contribution in [-0.2, 0) is 4.79 Å². The minimum Gasteiger partial charge on any atom is -0.355 e. The zero-order chi connectivity index (χ0) is 14.3. The van der Waals surface area contributed by atoms with Crippen molar-refractivity contribution < 1.29 is 4.79 Å². The number of carbonyl (C=O) groups excluding carboxylic acids is 1. The van der Waals surface area contributed by atoms with E-state index in [4.69, 9.17) is 0 Å². The molecule has 1 fully saturated rings. The van der Waals surface area contributed by atoms with Crippen LogP contribution in [0.3, 0.4) is 0 Å². The molecule has 108 valence electrons. The van der Waals surface area contributed by atoms with Crippen molar-refractivity contribution in [1.82, 2.24) is 10.2 Å². The maximum Gasteiger partial charge on any atom is 0.240 e. The normalized spacial score (nSPS) is 18.0. The van der Waals surface area contributed by atoms with E-state index in [0.29, 0.717) is 19.4 Å². The van der Waals surface area contributed by atoms with E-state index in [9.17, 15) is 10.1 Å². The van der Waals surface area contributed by atoms with E-state index >= 15 is 0 Å². The largest absolute Gasteiger partial charge is 0.355 e. The molecule has 1 aliphatic rings. The fraction of sp³-hybridized carbons (Fsp3) is 0.867. The van der Waals surface area contributed by atoms with Gasteiger partial charge in [-0.25, -0.2) is 0 Å². The van der Waals surface area contributed by atoms with Crippen LogP contribution in [-0.4, -0.2) is 37.5 Å². The van der Waals surface area contributed by atoms with Crippen molar-refractivity contribution in [2.75, 3.05) is 26.7 Å². The minimum atomic E-state index is -0.827. The summed E-state index contributed by atoms with van der Waals surface area (Å²) in [6.07, 6.45) is 4.64. The summed E-state index contributed by atoms with van der Waals surface area (Å²) < 4.78 is 0. The zero-order valence-corrected chi connectivity index (χ0v) is 12.5. The molecule has 4 heteroatoms. The summed E-state index contributed by atoms with van der Waals surface area (Å²) in [5, 5.41) is 12.2. The number of piperidine rings is 1. The third-order valence-electron chi connectivity index (χ3n) is 4.53. The van der Waals surface area contributed by atoms with Crippen molar-refractivity contribution in [2.24, 2.45) is 11.3 Å². The Balaban J connectivity index is 2.33. The van der Waals surface area contributed by atoms with Gasteiger partial charge in [0.15, 0.2) is 0 Å². The summed E-state index contributed by atoms with van der Waals surface area (Å²) in [5.74, 6) is 0.629. The van der Waals surface area contributed by atoms with Crippen molar-refractivity contribution in [2.45, 2.75) is 46.0 Å². The Kier molecular flexibility index (Phi) is 6.30. The molecule has 19 heavy (non-hydrogen) atoms. The molecule has 1 N–H and O–H groups in total. The van der Waals surface area contributed by atoms with E-state index in [1.807, 2.05) is 13.8 Å². The molecule has 0 saturated carbocycles. The third-order valence-corrected chi connectivity index (χ3v) is 4.53. The van der Waals surface area contributed by atoms with Crippen LogP contribution in [0.25, 0.3) is 0 Å². The summed E-state index contributed by atoms with van der Waals surface area (Å²) in [6.45, 7) is 6.83. The Bertz CT molecular complexity index is 323. The van der Waals surface area contributed by atoms with Gasteiger partial charge in [0.25, 0.3) is 0 Å². The molecule has 0 aromatic rings. The van der Waals surface area contributed by atoms with Gasteiger partial charge in [-0.1, -0.05) is 13.8 Å². The lowest BCUT2D eigenvalue weighted by molar-refractivity contribution is -0.128. The van der Waals surface area contributed by atoms with Crippen molar-refractivity contribution >= 4 is 5.91 Å². The van der Waals surface area contributed by atoms with Crippen LogP contribution in [0.1, 0.15) is 46.0 Å². The molecule has 1 heterocycles. The first-order chi connectivity index (χ1) is 9.07. The molecule has 0 radical (unpaired) electrons. The van der Waals surface area contributed by atoms with Gasteiger partial charge in [-0.15, -0.1) is 0 Å². The van der Waals surface area contributed by atoms with E-state index in [1.54, 1.807) is 0 Å². The highest BCUT2D eigenvalue weighted by Gasteiger charge is 2.34. The molecule has 0 bridgehead atoms. The van der Waals surface area contributed by atoms with Gasteiger partial charge in [0, 0.05) is 6.54 Å². The number of nitriles is 1. The van der Waals surface area contributed by atoms with Gasteiger partial charge in [-0.3, -0.25) is 4.79 Å². The summed E-state index contributed by atoms with van der Waals surface area (Å²) >= 11 is 0. The van der Waals surface area contributed by atoms with Crippen molar-refractivity contribution in [1.29, 1.82) is 5.26 Å². The molecule has 1 saturated heterocycles. The Labute approximate surface area is 117 Å². The van der Waals surface area contributed by atoms with Crippen LogP contribution in [0, 0.1) is 22.7 Å². The van der Waals surface area contributed by atoms with Gasteiger partial charge >= 0.3 is 0 Å². The average molecular weight is 265 g/mol. The highest BCUT2D eigenvalue weighted by Crippen LogP contribution is 2.25. The van der Waals surface area contributed by atoms with Crippen molar-refractivity contribution in [3.63, 3.8) is 0 Å². The van der Waals surface area contributed by atoms with Crippen LogP contribution < -0.4 is 5.32 Å². The highest BCUT2D eigenvalue weighted by atomic mass is 16.2. The van der Waals surface area contributed by atoms with Crippen molar-refractivity contribution in [3.8, 4) is 6.07 Å². The Hall–Kier alpha value is -1.08. The number of rotatable bonds is 6. The Morgan fingerprint density at radius 2 is 1.95 bits per heavy atom. The number of hydrogen-bond acceptors (Lipinski definition) is 3. The van der Waals surface area contributed by atoms with Crippen LogP contribution in [0.5, 0.6) is 0 Å². The zero-order valence-electron chi connectivity index (χ0n) is 12.5. The maximum absolute atomic E-state index is 12.1. The molecule has 0 aliphatic carbocycles. The first kappa shape index (κ1) is 16.0. The monoisotopic (exact) mass is 265 g/mol. The fourth-order valence-electron chi connectivity index (χ4n) is 2.69. The standard InChI is InChI=1S/C15H27N3O/c1-4-15(5-2,12-16)14(19)17-9-6-13-7-10-18(3)11-8-13/h13H,4-11H2,1-3H3,(H,17,19). The number of amides is 1. The fourth-order valence-corrected chi connectivity index (χ4v) is 2.69. The van der Waals surface area contributed by atoms with E-state index in [1.165, 1.54) is 12.8 Å². The predicted molar refractivity (Wildman–Crippen MR) is 76.5 cm³/mol. The quantitative estimate of drug-likeness (QED) is 0.800. The first-order valence-electron chi connectivity index (χ1n) is 7.46. The molecule has 0 aromatic carbocycles. The molecule has 0 atom stereocenters. The van der Waals surface area contributed by atoms with E-state index < -0.39 is 5.41 Å². The van der Waals surface area contributed by atoms with Gasteiger partial charge in [0.05, 0.1) is 6.07 Å². The number of carbonyl (C=O) groups is 1. The number of nitrogens with one attached hydrogen (secondary N) is 1. The molecule has 0 unspecified atom stereocenters. The predicted octanol–water partition coefficient (Wildman–Crippen LogP) is 2.16. The number of hydrogen-bond donors (Lipinski definition) is 1. The molecular weight excluding hydrogens is 238 g/mol. The molecule has 1 amide bonds. The molecular formula is C15H27N3O. The molecule has 0 spiro atoms. The van der Waals surface area contributed by atoms with Gasteiger partial charge in [0.1, 0.15) is 5.41 Å². The Morgan fingerprint density at radius 1 is 1.37 bits per heavy atom. The Morgan fingerprint density at radius 3 is 2.42 bits per heavy atom. The van der Waals surface area contributed by atoms with E-state index in [0.717, 1.165) is 25.4 Å². The van der Waals surface area contributed by atoms with Crippen LogP contribution in [0.4, 0.5) is 0 Å². The van der Waals surface area contributed by atoms with Gasteiger partial charge in [0.2, 0.25) is 5.91 Å². The second-order valence-corrected chi connectivity index (χ2v) is 5.69.